The number of esters is 4. The summed E-state index contributed by atoms with van der Waals surface area (Å²) in [5.41, 5.74) is 1.41. The van der Waals surface area contributed by atoms with Crippen LogP contribution >= 0.6 is 0 Å². The fraction of sp³-hybridized carbons (Fsp3) is 0.310. The van der Waals surface area contributed by atoms with Crippen LogP contribution < -0.4 is 9.47 Å². The van der Waals surface area contributed by atoms with Gasteiger partial charge in [0.1, 0.15) is 11.5 Å². The van der Waals surface area contributed by atoms with Gasteiger partial charge in [0.25, 0.3) is 0 Å². The molecular weight excluding hydrogens is 476 g/mol. The molecule has 37 heavy (non-hydrogen) atoms. The number of hydrogen-bond acceptors (Lipinski definition) is 8. The van der Waals surface area contributed by atoms with Crippen molar-refractivity contribution < 1.29 is 38.1 Å². The summed E-state index contributed by atoms with van der Waals surface area (Å²) >= 11 is 0. The maximum atomic E-state index is 12.4. The number of carbonyl (C=O) groups is 4. The van der Waals surface area contributed by atoms with Gasteiger partial charge in [0.05, 0.1) is 24.2 Å². The average molecular weight is 509 g/mol. The van der Waals surface area contributed by atoms with Crippen LogP contribution in [0.4, 0.5) is 0 Å². The van der Waals surface area contributed by atoms with Crippen molar-refractivity contribution in [3.05, 3.63) is 72.3 Å². The van der Waals surface area contributed by atoms with Crippen molar-refractivity contribution in [1.82, 2.24) is 0 Å². The molecule has 0 atom stereocenters. The van der Waals surface area contributed by atoms with Crippen LogP contribution in [0.2, 0.25) is 0 Å². The number of benzene rings is 2. The van der Waals surface area contributed by atoms with Crippen LogP contribution in [-0.4, -0.2) is 37.1 Å². The second-order valence-corrected chi connectivity index (χ2v) is 9.49. The Labute approximate surface area is 216 Å². The smallest absolute Gasteiger partial charge is 0.338 e. The molecule has 0 saturated heterocycles. The zero-order valence-corrected chi connectivity index (χ0v) is 21.8. The lowest BCUT2D eigenvalue weighted by molar-refractivity contribution is -0.153. The van der Waals surface area contributed by atoms with Gasteiger partial charge in [-0.3, -0.25) is 4.79 Å². The van der Waals surface area contributed by atoms with E-state index in [-0.39, 0.29) is 41.8 Å². The van der Waals surface area contributed by atoms with Gasteiger partial charge in [0, 0.05) is 23.6 Å². The van der Waals surface area contributed by atoms with E-state index in [0.717, 1.165) is 0 Å². The van der Waals surface area contributed by atoms with Crippen LogP contribution in [0.1, 0.15) is 51.4 Å². The Morgan fingerprint density at radius 1 is 0.730 bits per heavy atom. The highest BCUT2D eigenvalue weighted by Crippen LogP contribution is 2.31. The molecule has 2 aromatic carbocycles. The molecule has 0 spiro atoms. The summed E-state index contributed by atoms with van der Waals surface area (Å²) in [6.07, 6.45) is 0.382. The van der Waals surface area contributed by atoms with Gasteiger partial charge in [-0.15, -0.1) is 0 Å². The van der Waals surface area contributed by atoms with Crippen molar-refractivity contribution in [2.75, 3.05) is 13.2 Å². The Bertz CT molecular complexity index is 1150. The van der Waals surface area contributed by atoms with Gasteiger partial charge in [-0.2, -0.15) is 0 Å². The molecule has 0 N–H and O–H groups in total. The molecule has 0 aliphatic carbocycles. The van der Waals surface area contributed by atoms with E-state index >= 15 is 0 Å². The molecule has 8 nitrogen and oxygen atoms in total. The molecule has 196 valence electrons. The topological polar surface area (TPSA) is 105 Å². The predicted molar refractivity (Wildman–Crippen MR) is 138 cm³/mol. The normalized spacial score (nSPS) is 10.7. The summed E-state index contributed by atoms with van der Waals surface area (Å²) in [5.74, 6) is -1.77. The molecule has 0 bridgehead atoms. The largest absolute Gasteiger partial charge is 0.465 e. The van der Waals surface area contributed by atoms with E-state index in [1.807, 2.05) is 0 Å². The lowest BCUT2D eigenvalue weighted by Crippen LogP contribution is -2.23. The summed E-state index contributed by atoms with van der Waals surface area (Å²) in [5, 5.41) is 0. The summed E-state index contributed by atoms with van der Waals surface area (Å²) in [4.78, 5) is 48.1. The van der Waals surface area contributed by atoms with Gasteiger partial charge in [0.2, 0.25) is 0 Å². The second kappa shape index (κ2) is 12.7. The molecule has 0 aliphatic rings. The van der Waals surface area contributed by atoms with E-state index in [1.54, 1.807) is 57.2 Å². The molecule has 2 rings (SSSR count). The lowest BCUT2D eigenvalue weighted by Gasteiger charge is -2.16. The molecule has 0 heterocycles. The van der Waals surface area contributed by atoms with Gasteiger partial charge >= 0.3 is 23.9 Å². The Balaban J connectivity index is 2.11. The monoisotopic (exact) mass is 508 g/mol. The minimum Gasteiger partial charge on any atom is -0.465 e. The molecule has 0 aromatic heterocycles. The summed E-state index contributed by atoms with van der Waals surface area (Å²) in [6.45, 7) is 15.7. The standard InChI is InChI=1S/C29H32O8/c1-18(2)25(30)36-23-15-22(16-24(17-23)37-26(31)19(3)4)20-9-11-21(12-10-20)27(32)34-13-8-14-35-28(33)29(5,6)7/h9-12,15-17H,1,3,8,13-14H2,2,4-7H3. The highest BCUT2D eigenvalue weighted by molar-refractivity contribution is 5.91. The Morgan fingerprint density at radius 2 is 1.22 bits per heavy atom. The SMILES string of the molecule is C=C(C)C(=O)Oc1cc(OC(=O)C(=C)C)cc(-c2ccc(C(=O)OCCCOC(=O)C(C)(C)C)cc2)c1. The van der Waals surface area contributed by atoms with Crippen LogP contribution in [0.25, 0.3) is 11.1 Å². The Hall–Kier alpha value is -4.20. The summed E-state index contributed by atoms with van der Waals surface area (Å²) in [7, 11) is 0. The van der Waals surface area contributed by atoms with Gasteiger partial charge < -0.3 is 18.9 Å². The molecule has 0 saturated carbocycles. The molecule has 8 heteroatoms. The second-order valence-electron chi connectivity index (χ2n) is 9.49. The van der Waals surface area contributed by atoms with Gasteiger partial charge in [-0.05, 0) is 70.0 Å². The van der Waals surface area contributed by atoms with Crippen molar-refractivity contribution in [2.45, 2.75) is 41.0 Å². The highest BCUT2D eigenvalue weighted by Gasteiger charge is 2.22. The highest BCUT2D eigenvalue weighted by atomic mass is 16.6. The molecule has 0 amide bonds. The molecular formula is C29H32O8. The molecule has 2 aromatic rings. The summed E-state index contributed by atoms with van der Waals surface area (Å²) in [6, 6.07) is 11.2. The van der Waals surface area contributed by atoms with E-state index < -0.39 is 23.3 Å². The third kappa shape index (κ3) is 9.07. The predicted octanol–water partition coefficient (Wildman–Crippen LogP) is 5.45. The van der Waals surface area contributed by atoms with Gasteiger partial charge in [-0.25, -0.2) is 14.4 Å². The van der Waals surface area contributed by atoms with E-state index in [0.29, 0.717) is 23.1 Å². The van der Waals surface area contributed by atoms with E-state index in [1.165, 1.54) is 19.9 Å². The zero-order chi connectivity index (χ0) is 27.8. The number of rotatable bonds is 10. The lowest BCUT2D eigenvalue weighted by atomic mass is 9.97. The maximum Gasteiger partial charge on any atom is 0.338 e. The minimum absolute atomic E-state index is 0.103. The van der Waals surface area contributed by atoms with Crippen LogP contribution in [0.5, 0.6) is 11.5 Å². The van der Waals surface area contributed by atoms with E-state index in [2.05, 4.69) is 13.2 Å². The molecule has 0 radical (unpaired) electrons. The Morgan fingerprint density at radius 3 is 1.68 bits per heavy atom. The fourth-order valence-corrected chi connectivity index (χ4v) is 2.73. The maximum absolute atomic E-state index is 12.4. The van der Waals surface area contributed by atoms with Crippen molar-refractivity contribution >= 4 is 23.9 Å². The first-order chi connectivity index (χ1) is 17.3. The Kier molecular flexibility index (Phi) is 9.94. The molecule has 0 fully saturated rings. The average Bonchev–Trinajstić information content (AvgIpc) is 2.82. The summed E-state index contributed by atoms with van der Waals surface area (Å²) < 4.78 is 21.0. The number of hydrogen-bond donors (Lipinski definition) is 0. The van der Waals surface area contributed by atoms with Crippen LogP contribution in [0.3, 0.4) is 0 Å². The van der Waals surface area contributed by atoms with Gasteiger partial charge in [-0.1, -0.05) is 25.3 Å². The number of carbonyl (C=O) groups excluding carboxylic acids is 4. The van der Waals surface area contributed by atoms with Crippen molar-refractivity contribution in [3.8, 4) is 22.6 Å². The zero-order valence-electron chi connectivity index (χ0n) is 21.8. The van der Waals surface area contributed by atoms with E-state index in [4.69, 9.17) is 18.9 Å². The van der Waals surface area contributed by atoms with Crippen molar-refractivity contribution in [1.29, 1.82) is 0 Å². The van der Waals surface area contributed by atoms with Crippen LogP contribution in [-0.2, 0) is 23.9 Å². The molecule has 0 unspecified atom stereocenters. The minimum atomic E-state index is -0.624. The first-order valence-electron chi connectivity index (χ1n) is 11.6. The third-order valence-electron chi connectivity index (χ3n) is 4.82. The number of ether oxygens (including phenoxy) is 4. The van der Waals surface area contributed by atoms with Crippen LogP contribution in [0.15, 0.2) is 66.8 Å². The van der Waals surface area contributed by atoms with E-state index in [9.17, 15) is 19.2 Å². The van der Waals surface area contributed by atoms with Gasteiger partial charge in [0.15, 0.2) is 0 Å². The molecule has 0 aliphatic heterocycles. The van der Waals surface area contributed by atoms with Crippen molar-refractivity contribution in [3.63, 3.8) is 0 Å². The third-order valence-corrected chi connectivity index (χ3v) is 4.82. The first-order valence-corrected chi connectivity index (χ1v) is 11.6. The first kappa shape index (κ1) is 29.0. The van der Waals surface area contributed by atoms with Crippen LogP contribution in [0, 0.1) is 5.41 Å². The quantitative estimate of drug-likeness (QED) is 0.180. The van der Waals surface area contributed by atoms with Crippen molar-refractivity contribution in [2.24, 2.45) is 5.41 Å². The fourth-order valence-electron chi connectivity index (χ4n) is 2.73.